The van der Waals surface area contributed by atoms with Crippen molar-refractivity contribution in [2.24, 2.45) is 0 Å². The average molecular weight is 352 g/mol. The van der Waals surface area contributed by atoms with Crippen LogP contribution < -0.4 is 19.9 Å². The van der Waals surface area contributed by atoms with E-state index in [2.05, 4.69) is 6.58 Å². The van der Waals surface area contributed by atoms with Crippen molar-refractivity contribution in [3.8, 4) is 17.0 Å². The van der Waals surface area contributed by atoms with Crippen LogP contribution in [0.5, 0.6) is 5.75 Å². The molecule has 0 radical (unpaired) electrons. The van der Waals surface area contributed by atoms with Crippen molar-refractivity contribution in [1.29, 1.82) is 0 Å². The predicted octanol–water partition coefficient (Wildman–Crippen LogP) is 2.71. The van der Waals surface area contributed by atoms with E-state index in [1.807, 2.05) is 6.92 Å². The minimum atomic E-state index is -0.525. The third-order valence-corrected chi connectivity index (χ3v) is 3.83. The molecule has 0 unspecified atom stereocenters. The largest absolute Gasteiger partial charge is 0.618 e. The number of para-hydroxylation sites is 2. The number of benzene rings is 2. The predicted molar refractivity (Wildman–Crippen MR) is 100 cm³/mol. The Morgan fingerprint density at radius 1 is 1.19 bits per heavy atom. The van der Waals surface area contributed by atoms with E-state index in [4.69, 9.17) is 9.57 Å². The maximum absolute atomic E-state index is 12.9. The van der Waals surface area contributed by atoms with Crippen LogP contribution in [0.1, 0.15) is 13.3 Å². The van der Waals surface area contributed by atoms with Crippen molar-refractivity contribution >= 4 is 11.0 Å². The van der Waals surface area contributed by atoms with Gasteiger partial charge in [0.1, 0.15) is 12.4 Å². The summed E-state index contributed by atoms with van der Waals surface area (Å²) in [6.07, 6.45) is 2.44. The van der Waals surface area contributed by atoms with Crippen LogP contribution in [-0.4, -0.2) is 17.9 Å². The van der Waals surface area contributed by atoms with Gasteiger partial charge in [0.25, 0.3) is 5.69 Å². The van der Waals surface area contributed by atoms with E-state index in [0.29, 0.717) is 33.7 Å². The van der Waals surface area contributed by atoms with Crippen LogP contribution in [0.15, 0.2) is 66.0 Å². The van der Waals surface area contributed by atoms with Gasteiger partial charge in [0.05, 0.1) is 12.2 Å². The van der Waals surface area contributed by atoms with Crippen molar-refractivity contribution in [3.05, 3.63) is 76.7 Å². The number of hydrogen-bond acceptors (Lipinski definition) is 4. The second kappa shape index (κ2) is 7.74. The zero-order chi connectivity index (χ0) is 18.5. The van der Waals surface area contributed by atoms with Crippen LogP contribution in [0, 0.1) is 5.21 Å². The Balaban J connectivity index is 2.16. The summed E-state index contributed by atoms with van der Waals surface area (Å²) >= 11 is 0. The molecule has 0 N–H and O–H groups in total. The SMILES string of the molecule is C=CCOn1c(=O)c(-c2ccc(OCCC)cc2)[n+]([O-])c2ccccc21. The molecule has 0 spiro atoms. The summed E-state index contributed by atoms with van der Waals surface area (Å²) in [7, 11) is 0. The molecule has 1 aromatic heterocycles. The molecule has 3 aromatic rings. The van der Waals surface area contributed by atoms with Gasteiger partial charge in [-0.1, -0.05) is 31.7 Å². The summed E-state index contributed by atoms with van der Waals surface area (Å²) in [6.45, 7) is 6.38. The lowest BCUT2D eigenvalue weighted by Crippen LogP contribution is -2.42. The van der Waals surface area contributed by atoms with Crippen LogP contribution in [-0.2, 0) is 0 Å². The van der Waals surface area contributed by atoms with Gasteiger partial charge in [-0.3, -0.25) is 4.79 Å². The molecule has 6 nitrogen and oxygen atoms in total. The zero-order valence-corrected chi connectivity index (χ0v) is 14.6. The molecule has 0 aliphatic carbocycles. The van der Waals surface area contributed by atoms with E-state index in [9.17, 15) is 10.0 Å². The third-order valence-electron chi connectivity index (χ3n) is 3.83. The van der Waals surface area contributed by atoms with Gasteiger partial charge in [-0.25, -0.2) is 0 Å². The Morgan fingerprint density at radius 3 is 2.62 bits per heavy atom. The van der Waals surface area contributed by atoms with Crippen molar-refractivity contribution in [2.45, 2.75) is 13.3 Å². The quantitative estimate of drug-likeness (QED) is 0.372. The Labute approximate surface area is 151 Å². The fraction of sp³-hybridized carbons (Fsp3) is 0.200. The highest BCUT2D eigenvalue weighted by molar-refractivity contribution is 5.73. The first kappa shape index (κ1) is 17.5. The smallest absolute Gasteiger partial charge is 0.357 e. The van der Waals surface area contributed by atoms with Gasteiger partial charge in [-0.2, -0.15) is 4.73 Å². The minimum Gasteiger partial charge on any atom is -0.618 e. The maximum atomic E-state index is 12.9. The Hall–Kier alpha value is -3.28. The second-order valence-corrected chi connectivity index (χ2v) is 5.69. The standard InChI is InChI=1S/C20H20N2O4/c1-3-13-25-16-11-9-15(10-12-16)19-20(23)22(26-14-4-2)18-8-6-5-7-17(18)21(19)24/h4-12H,2-3,13-14H2,1H3. The summed E-state index contributed by atoms with van der Waals surface area (Å²) in [5.74, 6) is 0.692. The van der Waals surface area contributed by atoms with Crippen molar-refractivity contribution < 1.29 is 14.3 Å². The molecule has 3 rings (SSSR count). The van der Waals surface area contributed by atoms with E-state index < -0.39 is 5.56 Å². The topological polar surface area (TPSA) is 67.4 Å². The molecule has 6 heteroatoms. The Kier molecular flexibility index (Phi) is 5.22. The van der Waals surface area contributed by atoms with Crippen molar-refractivity contribution in [1.82, 2.24) is 4.73 Å². The summed E-state index contributed by atoms with van der Waals surface area (Å²) in [5, 5.41) is 12.8. The second-order valence-electron chi connectivity index (χ2n) is 5.69. The molecule has 0 saturated carbocycles. The highest BCUT2D eigenvalue weighted by Gasteiger charge is 2.23. The average Bonchev–Trinajstić information content (AvgIpc) is 2.67. The van der Waals surface area contributed by atoms with Gasteiger partial charge in [0.2, 0.25) is 5.52 Å². The minimum absolute atomic E-state index is 0.00481. The molecule has 0 fully saturated rings. The number of ether oxygens (including phenoxy) is 1. The molecule has 0 aliphatic rings. The number of nitrogens with zero attached hydrogens (tertiary/aromatic N) is 2. The number of hydrogen-bond donors (Lipinski definition) is 0. The molecule has 0 aliphatic heterocycles. The van der Waals surface area contributed by atoms with Gasteiger partial charge in [0.15, 0.2) is 5.52 Å². The monoisotopic (exact) mass is 352 g/mol. The maximum Gasteiger partial charge on any atom is 0.357 e. The van der Waals surface area contributed by atoms with Crippen molar-refractivity contribution in [2.75, 3.05) is 13.2 Å². The van der Waals surface area contributed by atoms with Crippen LogP contribution in [0.25, 0.3) is 22.3 Å². The molecule has 1 heterocycles. The van der Waals surface area contributed by atoms with Crippen LogP contribution in [0.2, 0.25) is 0 Å². The Morgan fingerprint density at radius 2 is 1.92 bits per heavy atom. The van der Waals surface area contributed by atoms with E-state index in [1.165, 1.54) is 0 Å². The molecule has 0 atom stereocenters. The van der Waals surface area contributed by atoms with Gasteiger partial charge in [-0.05, 0) is 36.8 Å². The van der Waals surface area contributed by atoms with E-state index in [-0.39, 0.29) is 12.3 Å². The first-order chi connectivity index (χ1) is 12.7. The van der Waals surface area contributed by atoms with Crippen LogP contribution >= 0.6 is 0 Å². The fourth-order valence-corrected chi connectivity index (χ4v) is 2.65. The van der Waals surface area contributed by atoms with Crippen molar-refractivity contribution in [3.63, 3.8) is 0 Å². The van der Waals surface area contributed by atoms with Crippen LogP contribution in [0.4, 0.5) is 0 Å². The first-order valence-corrected chi connectivity index (χ1v) is 8.42. The Bertz CT molecular complexity index is 978. The summed E-state index contributed by atoms with van der Waals surface area (Å²) in [6, 6.07) is 13.7. The lowest BCUT2D eigenvalue weighted by atomic mass is 10.1. The molecule has 0 bridgehead atoms. The lowest BCUT2D eigenvalue weighted by molar-refractivity contribution is -0.566. The van der Waals surface area contributed by atoms with E-state index in [0.717, 1.165) is 11.2 Å². The van der Waals surface area contributed by atoms with Gasteiger partial charge in [0, 0.05) is 6.07 Å². The lowest BCUT2D eigenvalue weighted by Gasteiger charge is -2.13. The van der Waals surface area contributed by atoms with Crippen LogP contribution in [0.3, 0.4) is 0 Å². The first-order valence-electron chi connectivity index (χ1n) is 8.42. The summed E-state index contributed by atoms with van der Waals surface area (Å²) in [4.78, 5) is 18.4. The number of rotatable bonds is 7. The third kappa shape index (κ3) is 3.26. The fourth-order valence-electron chi connectivity index (χ4n) is 2.65. The number of aromatic nitrogens is 2. The van der Waals surface area contributed by atoms with E-state index in [1.54, 1.807) is 54.6 Å². The number of fused-ring (bicyclic) bond motifs is 1. The molecule has 26 heavy (non-hydrogen) atoms. The molecule has 0 saturated heterocycles. The highest BCUT2D eigenvalue weighted by atomic mass is 16.7. The normalized spacial score (nSPS) is 10.7. The molecule has 0 amide bonds. The molecular weight excluding hydrogens is 332 g/mol. The highest BCUT2D eigenvalue weighted by Crippen LogP contribution is 2.19. The van der Waals surface area contributed by atoms with Gasteiger partial charge >= 0.3 is 5.56 Å². The molecular formula is C20H20N2O4. The molecule has 2 aromatic carbocycles. The molecule has 134 valence electrons. The summed E-state index contributed by atoms with van der Waals surface area (Å²) in [5.41, 5.74) is 0.714. The van der Waals surface area contributed by atoms with Gasteiger partial charge < -0.3 is 14.8 Å². The van der Waals surface area contributed by atoms with Gasteiger partial charge in [-0.15, -0.1) is 4.73 Å². The zero-order valence-electron chi connectivity index (χ0n) is 14.6. The van der Waals surface area contributed by atoms with E-state index >= 15 is 0 Å². The summed E-state index contributed by atoms with van der Waals surface area (Å²) < 4.78 is 7.34.